The molecule has 0 bridgehead atoms. The third kappa shape index (κ3) is 3.59. The lowest BCUT2D eigenvalue weighted by Gasteiger charge is -2.24. The predicted octanol–water partition coefficient (Wildman–Crippen LogP) is 1.93. The van der Waals surface area contributed by atoms with E-state index in [1.165, 1.54) is 23.6 Å². The minimum Gasteiger partial charge on any atom is -0.351 e. The van der Waals surface area contributed by atoms with Crippen LogP contribution in [0.5, 0.6) is 0 Å². The van der Waals surface area contributed by atoms with Crippen molar-refractivity contribution in [2.24, 2.45) is 0 Å². The van der Waals surface area contributed by atoms with Crippen molar-refractivity contribution in [3.05, 3.63) is 47.3 Å². The van der Waals surface area contributed by atoms with Gasteiger partial charge in [0, 0.05) is 24.8 Å². The van der Waals surface area contributed by atoms with Gasteiger partial charge in [-0.05, 0) is 43.4 Å². The van der Waals surface area contributed by atoms with Crippen molar-refractivity contribution < 1.29 is 8.42 Å². The largest absolute Gasteiger partial charge is 0.351 e. The van der Waals surface area contributed by atoms with Crippen molar-refractivity contribution in [1.29, 1.82) is 0 Å². The molecule has 2 heterocycles. The molecule has 7 heteroatoms. The van der Waals surface area contributed by atoms with Gasteiger partial charge in [0.15, 0.2) is 9.84 Å². The zero-order valence-electron chi connectivity index (χ0n) is 14.9. The first-order chi connectivity index (χ1) is 12.5. The van der Waals surface area contributed by atoms with Crippen LogP contribution in [0.1, 0.15) is 35.6 Å². The SMILES string of the molecule is CS(=O)(=O)c1cnc(NC2Cc3ccccc3C2)nc1C1CCCNC1. The number of anilines is 1. The van der Waals surface area contributed by atoms with Crippen LogP contribution in [0.3, 0.4) is 0 Å². The summed E-state index contributed by atoms with van der Waals surface area (Å²) in [6, 6.07) is 8.68. The Kier molecular flexibility index (Phi) is 4.67. The van der Waals surface area contributed by atoms with Gasteiger partial charge in [-0.1, -0.05) is 24.3 Å². The van der Waals surface area contributed by atoms with Gasteiger partial charge in [-0.15, -0.1) is 0 Å². The summed E-state index contributed by atoms with van der Waals surface area (Å²) < 4.78 is 24.4. The molecule has 0 spiro atoms. The molecule has 1 fully saturated rings. The molecule has 1 aromatic heterocycles. The number of rotatable bonds is 4. The van der Waals surface area contributed by atoms with Gasteiger partial charge in [-0.3, -0.25) is 0 Å². The Labute approximate surface area is 154 Å². The second kappa shape index (κ2) is 6.96. The molecule has 2 N–H and O–H groups in total. The first-order valence-electron chi connectivity index (χ1n) is 9.12. The van der Waals surface area contributed by atoms with Crippen LogP contribution in [0.4, 0.5) is 5.95 Å². The number of nitrogens with one attached hydrogen (secondary N) is 2. The van der Waals surface area contributed by atoms with Gasteiger partial charge in [0.1, 0.15) is 4.90 Å². The topological polar surface area (TPSA) is 84.0 Å². The molecule has 1 saturated heterocycles. The van der Waals surface area contributed by atoms with Gasteiger partial charge in [0.2, 0.25) is 5.95 Å². The predicted molar refractivity (Wildman–Crippen MR) is 101 cm³/mol. The number of nitrogens with zero attached hydrogens (tertiary/aromatic N) is 2. The summed E-state index contributed by atoms with van der Waals surface area (Å²) in [6.45, 7) is 1.73. The van der Waals surface area contributed by atoms with Crippen LogP contribution >= 0.6 is 0 Å². The smallest absolute Gasteiger partial charge is 0.223 e. The third-order valence-electron chi connectivity index (χ3n) is 5.25. The number of benzene rings is 1. The van der Waals surface area contributed by atoms with E-state index < -0.39 is 9.84 Å². The van der Waals surface area contributed by atoms with E-state index in [1.807, 2.05) is 0 Å². The second-order valence-electron chi connectivity index (χ2n) is 7.28. The summed E-state index contributed by atoms with van der Waals surface area (Å²) in [6.07, 6.45) is 6.55. The van der Waals surface area contributed by atoms with E-state index in [9.17, 15) is 8.42 Å². The lowest BCUT2D eigenvalue weighted by atomic mass is 9.96. The summed E-state index contributed by atoms with van der Waals surface area (Å²) in [4.78, 5) is 9.21. The number of sulfone groups is 1. The second-order valence-corrected chi connectivity index (χ2v) is 9.26. The van der Waals surface area contributed by atoms with Crippen molar-refractivity contribution in [2.45, 2.75) is 42.5 Å². The first-order valence-corrected chi connectivity index (χ1v) is 11.0. The lowest BCUT2D eigenvalue weighted by molar-refractivity contribution is 0.448. The zero-order chi connectivity index (χ0) is 18.1. The van der Waals surface area contributed by atoms with Crippen molar-refractivity contribution in [1.82, 2.24) is 15.3 Å². The van der Waals surface area contributed by atoms with Crippen LogP contribution in [0.2, 0.25) is 0 Å². The number of fused-ring (bicyclic) bond motifs is 1. The molecule has 2 aliphatic rings. The van der Waals surface area contributed by atoms with Crippen LogP contribution in [-0.4, -0.2) is 43.8 Å². The minimum atomic E-state index is -3.35. The number of hydrogen-bond donors (Lipinski definition) is 2. The molecule has 1 atom stereocenters. The molecule has 1 aliphatic carbocycles. The average molecular weight is 372 g/mol. The van der Waals surface area contributed by atoms with E-state index in [4.69, 9.17) is 0 Å². The molecule has 4 rings (SSSR count). The highest BCUT2D eigenvalue weighted by molar-refractivity contribution is 7.90. The highest BCUT2D eigenvalue weighted by atomic mass is 32.2. The summed E-state index contributed by atoms with van der Waals surface area (Å²) in [5.41, 5.74) is 3.36. The summed E-state index contributed by atoms with van der Waals surface area (Å²) in [5, 5.41) is 6.75. The molecule has 1 unspecified atom stereocenters. The Bertz CT molecular complexity index is 883. The van der Waals surface area contributed by atoms with Gasteiger partial charge < -0.3 is 10.6 Å². The Balaban J connectivity index is 1.59. The Hall–Kier alpha value is -1.99. The molecule has 26 heavy (non-hydrogen) atoms. The highest BCUT2D eigenvalue weighted by Gasteiger charge is 2.27. The maximum atomic E-state index is 12.2. The van der Waals surface area contributed by atoms with Crippen molar-refractivity contribution in [2.75, 3.05) is 24.7 Å². The van der Waals surface area contributed by atoms with E-state index in [2.05, 4.69) is 44.9 Å². The minimum absolute atomic E-state index is 0.109. The number of hydrogen-bond acceptors (Lipinski definition) is 6. The molecule has 0 saturated carbocycles. The number of piperidine rings is 1. The normalized spacial score (nSPS) is 20.7. The maximum absolute atomic E-state index is 12.2. The van der Waals surface area contributed by atoms with Gasteiger partial charge >= 0.3 is 0 Å². The third-order valence-corrected chi connectivity index (χ3v) is 6.36. The van der Waals surface area contributed by atoms with Crippen LogP contribution in [0, 0.1) is 0 Å². The zero-order valence-corrected chi connectivity index (χ0v) is 15.7. The average Bonchev–Trinajstić information content (AvgIpc) is 3.03. The Morgan fingerprint density at radius 1 is 1.19 bits per heavy atom. The molecule has 6 nitrogen and oxygen atoms in total. The van der Waals surface area contributed by atoms with E-state index in [0.717, 1.165) is 38.8 Å². The van der Waals surface area contributed by atoms with Gasteiger partial charge in [0.25, 0.3) is 0 Å². The molecule has 0 radical (unpaired) electrons. The maximum Gasteiger partial charge on any atom is 0.223 e. The van der Waals surface area contributed by atoms with E-state index >= 15 is 0 Å². The lowest BCUT2D eigenvalue weighted by Crippen LogP contribution is -2.30. The van der Waals surface area contributed by atoms with E-state index in [-0.39, 0.29) is 16.9 Å². The van der Waals surface area contributed by atoms with Gasteiger partial charge in [-0.25, -0.2) is 18.4 Å². The van der Waals surface area contributed by atoms with Crippen LogP contribution in [0.15, 0.2) is 35.4 Å². The summed E-state index contributed by atoms with van der Waals surface area (Å²) in [5.74, 6) is 0.633. The summed E-state index contributed by atoms with van der Waals surface area (Å²) >= 11 is 0. The molecular weight excluding hydrogens is 348 g/mol. The van der Waals surface area contributed by atoms with Crippen molar-refractivity contribution >= 4 is 15.8 Å². The summed E-state index contributed by atoms with van der Waals surface area (Å²) in [7, 11) is -3.35. The number of aromatic nitrogens is 2. The standard InChI is InChI=1S/C19H24N4O2S/c1-26(24,25)17-12-21-19(23-18(17)15-7-4-8-20-11-15)22-16-9-13-5-2-3-6-14(13)10-16/h2-3,5-6,12,15-16,20H,4,7-11H2,1H3,(H,21,22,23). The first kappa shape index (κ1) is 17.4. The fourth-order valence-corrected chi connectivity index (χ4v) is 4.80. The van der Waals surface area contributed by atoms with Crippen molar-refractivity contribution in [3.8, 4) is 0 Å². The highest BCUT2D eigenvalue weighted by Crippen LogP contribution is 2.29. The van der Waals surface area contributed by atoms with Gasteiger partial charge in [-0.2, -0.15) is 0 Å². The van der Waals surface area contributed by atoms with E-state index in [1.54, 1.807) is 0 Å². The van der Waals surface area contributed by atoms with Crippen LogP contribution in [-0.2, 0) is 22.7 Å². The quantitative estimate of drug-likeness (QED) is 0.853. The molecule has 1 aromatic carbocycles. The van der Waals surface area contributed by atoms with E-state index in [0.29, 0.717) is 11.6 Å². The van der Waals surface area contributed by atoms with Crippen molar-refractivity contribution in [3.63, 3.8) is 0 Å². The molecule has 138 valence electrons. The molecule has 2 aromatic rings. The monoisotopic (exact) mass is 372 g/mol. The fourth-order valence-electron chi connectivity index (χ4n) is 3.96. The Morgan fingerprint density at radius 2 is 1.92 bits per heavy atom. The molecule has 0 amide bonds. The van der Waals surface area contributed by atoms with Crippen LogP contribution in [0.25, 0.3) is 0 Å². The van der Waals surface area contributed by atoms with Gasteiger partial charge in [0.05, 0.1) is 11.9 Å². The molecule has 1 aliphatic heterocycles. The van der Waals surface area contributed by atoms with Crippen LogP contribution < -0.4 is 10.6 Å². The molecular formula is C19H24N4O2S. The fraction of sp³-hybridized carbons (Fsp3) is 0.474. The Morgan fingerprint density at radius 3 is 2.54 bits per heavy atom.